The molecule has 0 radical (unpaired) electrons. The minimum Gasteiger partial charge on any atom is -0.326 e. The highest BCUT2D eigenvalue weighted by Crippen LogP contribution is 2.34. The number of benzene rings is 2. The van der Waals surface area contributed by atoms with E-state index >= 15 is 0 Å². The SMILES string of the molecule is O=C(c1ccccc1)N(Cc1ccc(CNCc2ccccn2)cc1)C1CCCc2cccnc21. The Morgan fingerprint density at radius 3 is 2.40 bits per heavy atom. The Bertz CT molecular complexity index is 1240. The molecule has 5 rings (SSSR count). The summed E-state index contributed by atoms with van der Waals surface area (Å²) in [5.74, 6) is 0.0511. The standard InChI is InChI=1S/C30H30N4O/c35-30(26-8-2-1-3-9-26)34(28-13-6-10-25-11-7-19-33-29(25)28)22-24-16-14-23(15-17-24)20-31-21-27-12-4-5-18-32-27/h1-5,7-9,11-12,14-19,28,31H,6,10,13,20-22H2. The first kappa shape index (κ1) is 22.9. The molecule has 1 aliphatic rings. The molecule has 4 aromatic rings. The monoisotopic (exact) mass is 462 g/mol. The third kappa shape index (κ3) is 5.64. The summed E-state index contributed by atoms with van der Waals surface area (Å²) < 4.78 is 0. The smallest absolute Gasteiger partial charge is 0.254 e. The molecule has 2 heterocycles. The van der Waals surface area contributed by atoms with E-state index in [0.717, 1.165) is 49.3 Å². The summed E-state index contributed by atoms with van der Waals surface area (Å²) in [5.41, 5.74) is 6.36. The molecule has 5 nitrogen and oxygen atoms in total. The van der Waals surface area contributed by atoms with Crippen molar-refractivity contribution in [3.05, 3.63) is 131 Å². The number of hydrogen-bond acceptors (Lipinski definition) is 4. The van der Waals surface area contributed by atoms with E-state index in [9.17, 15) is 4.79 Å². The van der Waals surface area contributed by atoms with Crippen molar-refractivity contribution in [1.29, 1.82) is 0 Å². The van der Waals surface area contributed by atoms with Gasteiger partial charge in [0.1, 0.15) is 0 Å². The van der Waals surface area contributed by atoms with Gasteiger partial charge in [0.15, 0.2) is 0 Å². The van der Waals surface area contributed by atoms with Crippen molar-refractivity contribution >= 4 is 5.91 Å². The van der Waals surface area contributed by atoms with Gasteiger partial charge in [-0.05, 0) is 66.3 Å². The van der Waals surface area contributed by atoms with Crippen LogP contribution in [-0.2, 0) is 26.1 Å². The Balaban J connectivity index is 1.33. The van der Waals surface area contributed by atoms with Crippen molar-refractivity contribution in [2.75, 3.05) is 0 Å². The van der Waals surface area contributed by atoms with Crippen LogP contribution in [0.2, 0.25) is 0 Å². The van der Waals surface area contributed by atoms with Gasteiger partial charge >= 0.3 is 0 Å². The third-order valence-electron chi connectivity index (χ3n) is 6.56. The fourth-order valence-corrected chi connectivity index (χ4v) is 4.76. The highest BCUT2D eigenvalue weighted by molar-refractivity contribution is 5.94. The maximum absolute atomic E-state index is 13.7. The van der Waals surface area contributed by atoms with Gasteiger partial charge in [0, 0.05) is 37.6 Å². The van der Waals surface area contributed by atoms with E-state index in [-0.39, 0.29) is 11.9 Å². The fraction of sp³-hybridized carbons (Fsp3) is 0.233. The van der Waals surface area contributed by atoms with Gasteiger partial charge in [-0.15, -0.1) is 0 Å². The molecule has 2 aromatic heterocycles. The number of nitrogens with zero attached hydrogens (tertiary/aromatic N) is 3. The summed E-state index contributed by atoms with van der Waals surface area (Å²) in [5, 5.41) is 3.45. The summed E-state index contributed by atoms with van der Waals surface area (Å²) in [6.45, 7) is 2.05. The number of pyridine rings is 2. The zero-order chi connectivity index (χ0) is 23.9. The lowest BCUT2D eigenvalue weighted by Crippen LogP contribution is -2.36. The molecule has 1 amide bonds. The summed E-state index contributed by atoms with van der Waals surface area (Å²) in [7, 11) is 0. The Hall–Kier alpha value is -3.83. The first-order chi connectivity index (χ1) is 17.3. The molecule has 0 fully saturated rings. The number of aryl methyl sites for hydroxylation is 1. The van der Waals surface area contributed by atoms with Gasteiger partial charge in [-0.2, -0.15) is 0 Å². The van der Waals surface area contributed by atoms with Gasteiger partial charge < -0.3 is 10.2 Å². The molecule has 2 aromatic carbocycles. The van der Waals surface area contributed by atoms with E-state index in [1.165, 1.54) is 11.1 Å². The van der Waals surface area contributed by atoms with Crippen molar-refractivity contribution in [2.45, 2.75) is 44.9 Å². The molecule has 0 spiro atoms. The first-order valence-corrected chi connectivity index (χ1v) is 12.3. The van der Waals surface area contributed by atoms with Crippen molar-refractivity contribution in [3.8, 4) is 0 Å². The fourth-order valence-electron chi connectivity index (χ4n) is 4.76. The topological polar surface area (TPSA) is 58.1 Å². The van der Waals surface area contributed by atoms with Crippen LogP contribution in [0.1, 0.15) is 57.3 Å². The summed E-state index contributed by atoms with van der Waals surface area (Å²) in [6, 6.07) is 28.2. The van der Waals surface area contributed by atoms with E-state index in [1.54, 1.807) is 0 Å². The maximum Gasteiger partial charge on any atom is 0.254 e. The van der Waals surface area contributed by atoms with E-state index in [1.807, 2.05) is 71.9 Å². The lowest BCUT2D eigenvalue weighted by molar-refractivity contribution is 0.0633. The number of carbonyl (C=O) groups is 1. The average Bonchev–Trinajstić information content (AvgIpc) is 2.93. The van der Waals surface area contributed by atoms with Crippen LogP contribution in [0.4, 0.5) is 0 Å². The summed E-state index contributed by atoms with van der Waals surface area (Å²) in [4.78, 5) is 24.8. The third-order valence-corrected chi connectivity index (χ3v) is 6.56. The molecule has 1 unspecified atom stereocenters. The second kappa shape index (κ2) is 11.1. The highest BCUT2D eigenvalue weighted by atomic mass is 16.2. The molecule has 0 aliphatic heterocycles. The van der Waals surface area contributed by atoms with Gasteiger partial charge in [0.25, 0.3) is 5.91 Å². The molecule has 35 heavy (non-hydrogen) atoms. The Morgan fingerprint density at radius 1 is 0.829 bits per heavy atom. The van der Waals surface area contributed by atoms with Crippen LogP contribution >= 0.6 is 0 Å². The molecule has 0 bridgehead atoms. The Labute approximate surface area is 206 Å². The largest absolute Gasteiger partial charge is 0.326 e. The Kier molecular flexibility index (Phi) is 7.25. The Morgan fingerprint density at radius 2 is 1.60 bits per heavy atom. The number of amides is 1. The number of nitrogens with one attached hydrogen (secondary N) is 1. The molecule has 0 saturated heterocycles. The van der Waals surface area contributed by atoms with Crippen LogP contribution in [0.15, 0.2) is 97.3 Å². The molecular weight excluding hydrogens is 432 g/mol. The predicted molar refractivity (Wildman–Crippen MR) is 137 cm³/mol. The zero-order valence-corrected chi connectivity index (χ0v) is 19.8. The van der Waals surface area contributed by atoms with E-state index in [0.29, 0.717) is 12.1 Å². The average molecular weight is 463 g/mol. The van der Waals surface area contributed by atoms with Crippen LogP contribution in [0.3, 0.4) is 0 Å². The molecule has 5 heteroatoms. The molecule has 0 saturated carbocycles. The van der Waals surface area contributed by atoms with Crippen molar-refractivity contribution in [3.63, 3.8) is 0 Å². The molecule has 1 aliphatic carbocycles. The van der Waals surface area contributed by atoms with E-state index in [4.69, 9.17) is 4.98 Å². The summed E-state index contributed by atoms with van der Waals surface area (Å²) >= 11 is 0. The second-order valence-electron chi connectivity index (χ2n) is 9.00. The van der Waals surface area contributed by atoms with Crippen molar-refractivity contribution in [1.82, 2.24) is 20.2 Å². The van der Waals surface area contributed by atoms with Crippen LogP contribution in [-0.4, -0.2) is 20.8 Å². The number of hydrogen-bond donors (Lipinski definition) is 1. The maximum atomic E-state index is 13.7. The second-order valence-corrected chi connectivity index (χ2v) is 9.00. The van der Waals surface area contributed by atoms with Crippen LogP contribution in [0.5, 0.6) is 0 Å². The van der Waals surface area contributed by atoms with E-state index < -0.39 is 0 Å². The van der Waals surface area contributed by atoms with Gasteiger partial charge in [0.05, 0.1) is 17.4 Å². The lowest BCUT2D eigenvalue weighted by Gasteiger charge is -2.35. The normalized spacial score (nSPS) is 14.8. The zero-order valence-electron chi connectivity index (χ0n) is 19.8. The van der Waals surface area contributed by atoms with Gasteiger partial charge in [-0.3, -0.25) is 14.8 Å². The minimum absolute atomic E-state index is 0.0210. The summed E-state index contributed by atoms with van der Waals surface area (Å²) in [6.07, 6.45) is 6.66. The number of fused-ring (bicyclic) bond motifs is 1. The van der Waals surface area contributed by atoms with Gasteiger partial charge in [0.2, 0.25) is 0 Å². The molecule has 1 N–H and O–H groups in total. The molecule has 1 atom stereocenters. The lowest BCUT2D eigenvalue weighted by atomic mass is 9.90. The van der Waals surface area contributed by atoms with Crippen LogP contribution in [0, 0.1) is 0 Å². The minimum atomic E-state index is -0.0210. The number of aromatic nitrogens is 2. The first-order valence-electron chi connectivity index (χ1n) is 12.3. The van der Waals surface area contributed by atoms with Gasteiger partial charge in [-0.1, -0.05) is 54.6 Å². The molecule has 176 valence electrons. The van der Waals surface area contributed by atoms with E-state index in [2.05, 4.69) is 40.6 Å². The van der Waals surface area contributed by atoms with Crippen molar-refractivity contribution in [2.24, 2.45) is 0 Å². The van der Waals surface area contributed by atoms with Crippen molar-refractivity contribution < 1.29 is 4.79 Å². The quantitative estimate of drug-likeness (QED) is 0.376. The van der Waals surface area contributed by atoms with Crippen LogP contribution in [0.25, 0.3) is 0 Å². The number of rotatable bonds is 8. The molecular formula is C30H30N4O. The highest BCUT2D eigenvalue weighted by Gasteiger charge is 2.31. The number of carbonyl (C=O) groups excluding carboxylic acids is 1. The van der Waals surface area contributed by atoms with Gasteiger partial charge in [-0.25, -0.2) is 0 Å². The predicted octanol–water partition coefficient (Wildman–Crippen LogP) is 5.49. The van der Waals surface area contributed by atoms with Crippen LogP contribution < -0.4 is 5.32 Å².